The molecule has 2 aromatic rings. The van der Waals surface area contributed by atoms with E-state index in [9.17, 15) is 4.91 Å². The molecule has 2 aromatic heterocycles. The van der Waals surface area contributed by atoms with Crippen molar-refractivity contribution in [1.29, 1.82) is 0 Å². The Morgan fingerprint density at radius 2 is 2.33 bits per heavy atom. The Morgan fingerprint density at radius 3 is 3.08 bits per heavy atom. The van der Waals surface area contributed by atoms with Crippen molar-refractivity contribution in [3.63, 3.8) is 0 Å². The van der Waals surface area contributed by atoms with E-state index in [1.165, 1.54) is 6.20 Å². The van der Waals surface area contributed by atoms with Crippen LogP contribution in [0.1, 0.15) is 5.69 Å². The molecule has 0 radical (unpaired) electrons. The Hall–Kier alpha value is -1.71. The van der Waals surface area contributed by atoms with Crippen LogP contribution in [0, 0.1) is 11.8 Å². The minimum absolute atomic E-state index is 0.363. The third-order valence-electron chi connectivity index (χ3n) is 1.70. The third-order valence-corrected chi connectivity index (χ3v) is 1.70. The molecule has 0 saturated heterocycles. The number of H-pyrrole nitrogens is 1. The van der Waals surface area contributed by atoms with E-state index in [2.05, 4.69) is 15.1 Å². The summed E-state index contributed by atoms with van der Waals surface area (Å²) in [5, 5.41) is 3.72. The topological polar surface area (TPSA) is 58.1 Å². The Bertz CT molecular complexity index is 433. The first kappa shape index (κ1) is 6.97. The van der Waals surface area contributed by atoms with Gasteiger partial charge in [-0.25, -0.2) is 4.98 Å². The number of rotatable bonds is 1. The van der Waals surface area contributed by atoms with Crippen molar-refractivity contribution in [3.05, 3.63) is 28.9 Å². The molecule has 0 amide bonds. The second-order valence-corrected chi connectivity index (χ2v) is 2.67. The van der Waals surface area contributed by atoms with Crippen molar-refractivity contribution in [2.45, 2.75) is 6.92 Å². The highest BCUT2D eigenvalue weighted by atomic mass is 16.3. The standard InChI is InChI=1S/C8H7N3O/c1-5-2-6-3-7(11-12)4-9-8(6)10-5/h2-4H,1H3,(H,9,10). The molecule has 0 spiro atoms. The number of hydrogen-bond donors (Lipinski definition) is 1. The fraction of sp³-hybridized carbons (Fsp3) is 0.125. The maximum absolute atomic E-state index is 10.2. The van der Waals surface area contributed by atoms with Gasteiger partial charge in [-0.15, -0.1) is 4.91 Å². The zero-order valence-electron chi connectivity index (χ0n) is 6.53. The first-order valence-corrected chi connectivity index (χ1v) is 3.58. The number of pyridine rings is 1. The van der Waals surface area contributed by atoms with Crippen LogP contribution >= 0.6 is 0 Å². The number of nitroso groups, excluding NO2 is 1. The van der Waals surface area contributed by atoms with E-state index in [4.69, 9.17) is 0 Å². The van der Waals surface area contributed by atoms with E-state index in [0.29, 0.717) is 5.69 Å². The molecule has 0 bridgehead atoms. The summed E-state index contributed by atoms with van der Waals surface area (Å²) in [4.78, 5) is 17.2. The zero-order chi connectivity index (χ0) is 8.55. The normalized spacial score (nSPS) is 10.4. The summed E-state index contributed by atoms with van der Waals surface area (Å²) < 4.78 is 0. The molecule has 0 aliphatic heterocycles. The highest BCUT2D eigenvalue weighted by molar-refractivity contribution is 5.79. The van der Waals surface area contributed by atoms with Crippen LogP contribution in [0.4, 0.5) is 5.69 Å². The average Bonchev–Trinajstić information content (AvgIpc) is 2.43. The van der Waals surface area contributed by atoms with Gasteiger partial charge in [0.25, 0.3) is 0 Å². The summed E-state index contributed by atoms with van der Waals surface area (Å²) in [6.45, 7) is 1.94. The number of hydrogen-bond acceptors (Lipinski definition) is 3. The van der Waals surface area contributed by atoms with E-state index in [1.807, 2.05) is 13.0 Å². The lowest BCUT2D eigenvalue weighted by Crippen LogP contribution is -1.74. The zero-order valence-corrected chi connectivity index (χ0v) is 6.53. The molecule has 0 saturated carbocycles. The van der Waals surface area contributed by atoms with Crippen molar-refractivity contribution in [3.8, 4) is 0 Å². The van der Waals surface area contributed by atoms with Gasteiger partial charge in [0.15, 0.2) is 0 Å². The van der Waals surface area contributed by atoms with E-state index in [-0.39, 0.29) is 0 Å². The van der Waals surface area contributed by atoms with E-state index >= 15 is 0 Å². The smallest absolute Gasteiger partial charge is 0.137 e. The molecule has 0 atom stereocenters. The van der Waals surface area contributed by atoms with Crippen LogP contribution in [-0.4, -0.2) is 9.97 Å². The Kier molecular flexibility index (Phi) is 1.40. The van der Waals surface area contributed by atoms with Gasteiger partial charge >= 0.3 is 0 Å². The van der Waals surface area contributed by atoms with E-state index < -0.39 is 0 Å². The fourth-order valence-corrected chi connectivity index (χ4v) is 1.19. The lowest BCUT2D eigenvalue weighted by Gasteiger charge is -1.87. The second kappa shape index (κ2) is 2.41. The maximum Gasteiger partial charge on any atom is 0.137 e. The number of aromatic amines is 1. The largest absolute Gasteiger partial charge is 0.344 e. The van der Waals surface area contributed by atoms with Gasteiger partial charge in [-0.2, -0.15) is 0 Å². The van der Waals surface area contributed by atoms with Crippen LogP contribution in [-0.2, 0) is 0 Å². The highest BCUT2D eigenvalue weighted by Crippen LogP contribution is 2.18. The quantitative estimate of drug-likeness (QED) is 0.652. The van der Waals surface area contributed by atoms with Gasteiger partial charge in [0.2, 0.25) is 0 Å². The predicted octanol–water partition coefficient (Wildman–Crippen LogP) is 2.27. The van der Waals surface area contributed by atoms with Gasteiger partial charge in [-0.3, -0.25) is 0 Å². The molecular weight excluding hydrogens is 154 g/mol. The molecule has 4 heteroatoms. The molecule has 60 valence electrons. The van der Waals surface area contributed by atoms with Crippen molar-refractivity contribution in [2.24, 2.45) is 5.18 Å². The molecule has 12 heavy (non-hydrogen) atoms. The van der Waals surface area contributed by atoms with Crippen molar-refractivity contribution < 1.29 is 0 Å². The summed E-state index contributed by atoms with van der Waals surface area (Å²) in [6.07, 6.45) is 1.45. The third kappa shape index (κ3) is 0.972. The molecule has 0 aromatic carbocycles. The Labute approximate surface area is 68.6 Å². The van der Waals surface area contributed by atoms with Gasteiger partial charge in [0.05, 0.1) is 6.20 Å². The van der Waals surface area contributed by atoms with Crippen molar-refractivity contribution in [1.82, 2.24) is 9.97 Å². The van der Waals surface area contributed by atoms with Crippen LogP contribution in [0.5, 0.6) is 0 Å². The minimum Gasteiger partial charge on any atom is -0.344 e. The molecule has 2 rings (SSSR count). The predicted molar refractivity (Wildman–Crippen MR) is 46.3 cm³/mol. The van der Waals surface area contributed by atoms with E-state index in [0.717, 1.165) is 16.7 Å². The van der Waals surface area contributed by atoms with Crippen LogP contribution < -0.4 is 0 Å². The summed E-state index contributed by atoms with van der Waals surface area (Å²) >= 11 is 0. The highest BCUT2D eigenvalue weighted by Gasteiger charge is 1.99. The first-order valence-electron chi connectivity index (χ1n) is 3.58. The molecule has 2 heterocycles. The molecule has 0 fully saturated rings. The maximum atomic E-state index is 10.2. The number of nitrogens with one attached hydrogen (secondary N) is 1. The molecule has 0 aliphatic carbocycles. The van der Waals surface area contributed by atoms with Gasteiger partial charge in [-0.1, -0.05) is 0 Å². The van der Waals surface area contributed by atoms with Gasteiger partial charge in [-0.05, 0) is 24.2 Å². The number of aromatic nitrogens is 2. The second-order valence-electron chi connectivity index (χ2n) is 2.67. The Balaban J connectivity index is 2.74. The van der Waals surface area contributed by atoms with Crippen LogP contribution in [0.2, 0.25) is 0 Å². The fourth-order valence-electron chi connectivity index (χ4n) is 1.19. The van der Waals surface area contributed by atoms with Gasteiger partial charge in [0.1, 0.15) is 11.3 Å². The molecule has 4 nitrogen and oxygen atoms in total. The summed E-state index contributed by atoms with van der Waals surface area (Å²) in [6, 6.07) is 3.63. The molecule has 0 aliphatic rings. The average molecular weight is 161 g/mol. The molecular formula is C8H7N3O. The van der Waals surface area contributed by atoms with Crippen LogP contribution in [0.15, 0.2) is 23.5 Å². The lowest BCUT2D eigenvalue weighted by atomic mass is 10.3. The van der Waals surface area contributed by atoms with Crippen molar-refractivity contribution >= 4 is 16.7 Å². The summed E-state index contributed by atoms with van der Waals surface area (Å²) in [5.74, 6) is 0. The minimum atomic E-state index is 0.363. The monoisotopic (exact) mass is 161 g/mol. The van der Waals surface area contributed by atoms with Crippen LogP contribution in [0.3, 0.4) is 0 Å². The molecule has 0 unspecified atom stereocenters. The SMILES string of the molecule is Cc1cc2cc(N=O)cnc2[nH]1. The molecule has 1 N–H and O–H groups in total. The summed E-state index contributed by atoms with van der Waals surface area (Å²) in [5.41, 5.74) is 2.18. The van der Waals surface area contributed by atoms with Gasteiger partial charge in [0, 0.05) is 11.1 Å². The summed E-state index contributed by atoms with van der Waals surface area (Å²) in [7, 11) is 0. The Morgan fingerprint density at radius 1 is 1.50 bits per heavy atom. The lowest BCUT2D eigenvalue weighted by molar-refractivity contribution is 1.24. The number of aryl methyl sites for hydroxylation is 1. The number of nitrogens with zero attached hydrogens (tertiary/aromatic N) is 2. The van der Waals surface area contributed by atoms with Gasteiger partial charge < -0.3 is 4.98 Å². The number of fused-ring (bicyclic) bond motifs is 1. The van der Waals surface area contributed by atoms with E-state index in [1.54, 1.807) is 6.07 Å². The van der Waals surface area contributed by atoms with Crippen LogP contribution in [0.25, 0.3) is 11.0 Å². The first-order chi connectivity index (χ1) is 5.79. The van der Waals surface area contributed by atoms with Crippen molar-refractivity contribution in [2.75, 3.05) is 0 Å².